The van der Waals surface area contributed by atoms with E-state index in [0.717, 1.165) is 60.3 Å². The highest BCUT2D eigenvalue weighted by molar-refractivity contribution is 6.30. The van der Waals surface area contributed by atoms with Crippen molar-refractivity contribution < 1.29 is 13.2 Å². The van der Waals surface area contributed by atoms with E-state index in [4.69, 9.17) is 11.6 Å². The third kappa shape index (κ3) is 4.42. The molecule has 3 aliphatic heterocycles. The highest BCUT2D eigenvalue weighted by atomic mass is 35.5. The number of nitrogens with zero attached hydrogens (tertiary/aromatic N) is 8. The standard InChI is InChI=1S/C28H28ClF3N8/c1-17-18(9-33)2-5-24(34-17)39-14-27(15-39)7-20(8-27)26-36-35-25-13-38(22-11-37(12-22)16-28(30,31)32)10-19-6-21(29)3-4-23(19)40(25)26/h2-6,20,22H,7-8,10-16H2,1H3. The predicted octanol–water partition coefficient (Wildman–Crippen LogP) is 4.44. The number of halogens is 4. The number of benzene rings is 1. The van der Waals surface area contributed by atoms with Crippen LogP contribution in [0.4, 0.5) is 19.0 Å². The molecule has 3 fully saturated rings. The summed E-state index contributed by atoms with van der Waals surface area (Å²) in [4.78, 5) is 10.5. The fourth-order valence-electron chi connectivity index (χ4n) is 6.92. The molecular formula is C28H28ClF3N8. The molecule has 2 aromatic heterocycles. The first kappa shape index (κ1) is 25.7. The van der Waals surface area contributed by atoms with Gasteiger partial charge in [0.25, 0.3) is 0 Å². The van der Waals surface area contributed by atoms with Crippen molar-refractivity contribution in [3.8, 4) is 11.8 Å². The van der Waals surface area contributed by atoms with Gasteiger partial charge < -0.3 is 4.90 Å². The summed E-state index contributed by atoms with van der Waals surface area (Å²) >= 11 is 6.38. The largest absolute Gasteiger partial charge is 0.401 e. The summed E-state index contributed by atoms with van der Waals surface area (Å²) in [6.45, 7) is 4.74. The number of aryl methyl sites for hydroxylation is 1. The minimum absolute atomic E-state index is 0.0216. The van der Waals surface area contributed by atoms with Crippen LogP contribution in [-0.4, -0.2) is 74.5 Å². The van der Waals surface area contributed by atoms with Crippen LogP contribution < -0.4 is 4.90 Å². The van der Waals surface area contributed by atoms with E-state index in [-0.39, 0.29) is 17.4 Å². The molecule has 3 aromatic rings. The Hall–Kier alpha value is -3.20. The maximum Gasteiger partial charge on any atom is 0.401 e. The number of aromatic nitrogens is 4. The summed E-state index contributed by atoms with van der Waals surface area (Å²) in [6, 6.07) is 11.8. The van der Waals surface area contributed by atoms with Crippen molar-refractivity contribution in [3.63, 3.8) is 0 Å². The topological polar surface area (TPSA) is 77.1 Å². The summed E-state index contributed by atoms with van der Waals surface area (Å²) in [5.41, 5.74) is 3.62. The van der Waals surface area contributed by atoms with E-state index in [1.807, 2.05) is 37.3 Å². The highest BCUT2D eigenvalue weighted by Crippen LogP contribution is 2.56. The van der Waals surface area contributed by atoms with Crippen molar-refractivity contribution in [2.45, 2.75) is 51.0 Å². The van der Waals surface area contributed by atoms with Crippen LogP contribution in [0, 0.1) is 23.7 Å². The maximum atomic E-state index is 12.8. The molecule has 0 unspecified atom stereocenters. The minimum Gasteiger partial charge on any atom is -0.355 e. The van der Waals surface area contributed by atoms with Gasteiger partial charge in [-0.3, -0.25) is 14.4 Å². The molecule has 0 bridgehead atoms. The fraction of sp³-hybridized carbons (Fsp3) is 0.500. The van der Waals surface area contributed by atoms with Crippen LogP contribution in [0.1, 0.15) is 47.2 Å². The molecular weight excluding hydrogens is 541 g/mol. The molecule has 40 heavy (non-hydrogen) atoms. The van der Waals surface area contributed by atoms with Gasteiger partial charge in [0.2, 0.25) is 0 Å². The average Bonchev–Trinajstić information content (AvgIpc) is 3.14. The fourth-order valence-corrected chi connectivity index (χ4v) is 7.12. The van der Waals surface area contributed by atoms with Crippen molar-refractivity contribution in [2.24, 2.45) is 5.41 Å². The minimum atomic E-state index is -4.19. The molecule has 4 aliphatic rings. The van der Waals surface area contributed by atoms with E-state index in [0.29, 0.717) is 36.8 Å². The SMILES string of the molecule is Cc1nc(N2CC3(CC(c4nnc5n4-c4ccc(Cl)cc4CN(C4CN(CC(F)(F)F)C4)C5)C3)C2)ccc1C#N. The molecule has 0 N–H and O–H groups in total. The van der Waals surface area contributed by atoms with Crippen LogP contribution in [0.25, 0.3) is 5.69 Å². The van der Waals surface area contributed by atoms with Crippen LogP contribution in [0.3, 0.4) is 0 Å². The number of rotatable bonds is 4. The van der Waals surface area contributed by atoms with Gasteiger partial charge in [0.05, 0.1) is 30.0 Å². The molecule has 7 rings (SSSR count). The predicted molar refractivity (Wildman–Crippen MR) is 142 cm³/mol. The van der Waals surface area contributed by atoms with Crippen molar-refractivity contribution in [3.05, 3.63) is 63.8 Å². The van der Waals surface area contributed by atoms with Crippen LogP contribution in [-0.2, 0) is 13.1 Å². The molecule has 0 amide bonds. The molecule has 5 heterocycles. The lowest BCUT2D eigenvalue weighted by Gasteiger charge is -2.59. The Labute approximate surface area is 235 Å². The molecule has 0 radical (unpaired) electrons. The first-order valence-corrected chi connectivity index (χ1v) is 13.9. The number of likely N-dealkylation sites (tertiary alicyclic amines) is 1. The molecule has 0 atom stereocenters. The molecule has 8 nitrogen and oxygen atoms in total. The van der Waals surface area contributed by atoms with E-state index in [2.05, 4.69) is 35.6 Å². The summed E-state index contributed by atoms with van der Waals surface area (Å²) in [5, 5.41) is 19.1. The van der Waals surface area contributed by atoms with Crippen LogP contribution in [0.2, 0.25) is 5.02 Å². The van der Waals surface area contributed by atoms with Crippen molar-refractivity contribution in [1.82, 2.24) is 29.5 Å². The number of hydrogen-bond acceptors (Lipinski definition) is 7. The number of pyridine rings is 1. The molecule has 1 spiro atoms. The van der Waals surface area contributed by atoms with Crippen LogP contribution >= 0.6 is 11.6 Å². The Morgan fingerprint density at radius 1 is 1.10 bits per heavy atom. The number of anilines is 1. The van der Waals surface area contributed by atoms with Gasteiger partial charge in [0, 0.05) is 55.1 Å². The van der Waals surface area contributed by atoms with E-state index in [1.165, 1.54) is 4.90 Å². The zero-order valence-electron chi connectivity index (χ0n) is 22.0. The second-order valence-corrected chi connectivity index (χ2v) is 12.3. The van der Waals surface area contributed by atoms with E-state index < -0.39 is 12.7 Å². The third-order valence-corrected chi connectivity index (χ3v) is 9.14. The highest BCUT2D eigenvalue weighted by Gasteiger charge is 2.54. The Bertz CT molecular complexity index is 1510. The third-order valence-electron chi connectivity index (χ3n) is 8.90. The molecule has 1 aromatic carbocycles. The van der Waals surface area contributed by atoms with Gasteiger partial charge in [0.15, 0.2) is 5.82 Å². The van der Waals surface area contributed by atoms with Crippen molar-refractivity contribution in [2.75, 3.05) is 37.6 Å². The van der Waals surface area contributed by atoms with Crippen LogP contribution in [0.15, 0.2) is 30.3 Å². The lowest BCUT2D eigenvalue weighted by molar-refractivity contribution is -0.161. The van der Waals surface area contributed by atoms with Gasteiger partial charge >= 0.3 is 6.18 Å². The first-order valence-electron chi connectivity index (χ1n) is 13.5. The monoisotopic (exact) mass is 568 g/mol. The molecule has 12 heteroatoms. The Balaban J connectivity index is 1.08. The Morgan fingerprint density at radius 2 is 1.88 bits per heavy atom. The smallest absolute Gasteiger partial charge is 0.355 e. The number of alkyl halides is 3. The zero-order valence-corrected chi connectivity index (χ0v) is 22.8. The van der Waals surface area contributed by atoms with E-state index in [1.54, 1.807) is 0 Å². The zero-order chi connectivity index (χ0) is 27.8. The quantitative estimate of drug-likeness (QED) is 0.460. The summed E-state index contributed by atoms with van der Waals surface area (Å²) in [7, 11) is 0. The van der Waals surface area contributed by atoms with Gasteiger partial charge in [-0.25, -0.2) is 4.98 Å². The lowest BCUT2D eigenvalue weighted by Crippen LogP contribution is -2.62. The van der Waals surface area contributed by atoms with Gasteiger partial charge in [-0.05, 0) is 55.7 Å². The van der Waals surface area contributed by atoms with Crippen molar-refractivity contribution in [1.29, 1.82) is 5.26 Å². The summed E-state index contributed by atoms with van der Waals surface area (Å²) in [6.07, 6.45) is -2.16. The van der Waals surface area contributed by atoms with Gasteiger partial charge in [-0.15, -0.1) is 10.2 Å². The first-order chi connectivity index (χ1) is 19.1. The normalized spacial score (nSPS) is 21.1. The van der Waals surface area contributed by atoms with Gasteiger partial charge in [-0.1, -0.05) is 11.6 Å². The van der Waals surface area contributed by atoms with Gasteiger partial charge in [-0.2, -0.15) is 18.4 Å². The second-order valence-electron chi connectivity index (χ2n) is 11.8. The number of fused-ring (bicyclic) bond motifs is 3. The molecule has 1 saturated carbocycles. The van der Waals surface area contributed by atoms with E-state index >= 15 is 0 Å². The van der Waals surface area contributed by atoms with E-state index in [9.17, 15) is 18.4 Å². The number of nitriles is 1. The molecule has 2 saturated heterocycles. The molecule has 208 valence electrons. The van der Waals surface area contributed by atoms with Crippen LogP contribution in [0.5, 0.6) is 0 Å². The second kappa shape index (κ2) is 9.16. The summed E-state index contributed by atoms with van der Waals surface area (Å²) < 4.78 is 40.7. The average molecular weight is 569 g/mol. The number of hydrogen-bond donors (Lipinski definition) is 0. The maximum absolute atomic E-state index is 12.8. The molecule has 1 aliphatic carbocycles. The van der Waals surface area contributed by atoms with Crippen molar-refractivity contribution >= 4 is 17.4 Å². The van der Waals surface area contributed by atoms with Gasteiger partial charge in [0.1, 0.15) is 17.7 Å². The Morgan fingerprint density at radius 3 is 2.58 bits per heavy atom. The summed E-state index contributed by atoms with van der Waals surface area (Å²) in [5.74, 6) is 2.96. The lowest BCUT2D eigenvalue weighted by atomic mass is 9.57. The Kier molecular flexibility index (Phi) is 5.90.